The molecule has 0 aliphatic carbocycles. The molecule has 0 heterocycles. The first-order chi connectivity index (χ1) is 14.1. The molecule has 0 aliphatic heterocycles. The molecule has 0 fully saturated rings. The Kier molecular flexibility index (Phi) is 9.03. The van der Waals surface area contributed by atoms with Gasteiger partial charge in [-0.1, -0.05) is 24.6 Å². The van der Waals surface area contributed by atoms with E-state index in [9.17, 15) is 13.2 Å². The van der Waals surface area contributed by atoms with Crippen LogP contribution in [0.1, 0.15) is 24.5 Å². The summed E-state index contributed by atoms with van der Waals surface area (Å²) in [5.74, 6) is 0.0706. The third-order valence-corrected chi connectivity index (χ3v) is 7.64. The zero-order valence-electron chi connectivity index (χ0n) is 17.2. The molecule has 0 amide bonds. The molecule has 164 valence electrons. The first kappa shape index (κ1) is 24.5. The van der Waals surface area contributed by atoms with Crippen LogP contribution in [0.5, 0.6) is 5.75 Å². The van der Waals surface area contributed by atoms with Crippen molar-refractivity contribution in [3.05, 3.63) is 52.5 Å². The van der Waals surface area contributed by atoms with Gasteiger partial charge in [0.15, 0.2) is 6.61 Å². The van der Waals surface area contributed by atoms with E-state index < -0.39 is 16.0 Å². The second-order valence-electron chi connectivity index (χ2n) is 6.77. The largest absolute Gasteiger partial charge is 0.482 e. The Morgan fingerprint density at radius 1 is 1.13 bits per heavy atom. The molecule has 0 saturated heterocycles. The van der Waals surface area contributed by atoms with Gasteiger partial charge in [-0.25, -0.2) is 13.2 Å². The number of hydrogen-bond acceptors (Lipinski definition) is 5. The van der Waals surface area contributed by atoms with Crippen molar-refractivity contribution in [2.45, 2.75) is 37.0 Å². The van der Waals surface area contributed by atoms with Gasteiger partial charge >= 0.3 is 5.97 Å². The topological polar surface area (TPSA) is 83.9 Å². The molecule has 2 aromatic rings. The number of ether oxygens (including phenoxy) is 1. The lowest BCUT2D eigenvalue weighted by molar-refractivity contribution is -0.139. The molecule has 2 aromatic carbocycles. The molecular weight excluding hydrogens is 446 g/mol. The Balaban J connectivity index is 2.05. The average molecular weight is 472 g/mol. The Morgan fingerprint density at radius 3 is 2.47 bits per heavy atom. The molecule has 0 radical (unpaired) electrons. The molecule has 0 aromatic heterocycles. The highest BCUT2D eigenvalue weighted by Crippen LogP contribution is 2.27. The quantitative estimate of drug-likeness (QED) is 0.481. The predicted molar refractivity (Wildman–Crippen MR) is 120 cm³/mol. The summed E-state index contributed by atoms with van der Waals surface area (Å²) in [6.45, 7) is 6.02. The van der Waals surface area contributed by atoms with Gasteiger partial charge in [0.05, 0.1) is 4.90 Å². The normalized spacial score (nSPS) is 11.6. The highest BCUT2D eigenvalue weighted by molar-refractivity contribution is 7.99. The Bertz CT molecular complexity index is 995. The number of carbonyl (C=O) groups is 1. The summed E-state index contributed by atoms with van der Waals surface area (Å²) < 4.78 is 32.8. The van der Waals surface area contributed by atoms with Crippen molar-refractivity contribution < 1.29 is 23.1 Å². The van der Waals surface area contributed by atoms with Crippen LogP contribution >= 0.6 is 23.4 Å². The average Bonchev–Trinajstić information content (AvgIpc) is 2.68. The summed E-state index contributed by atoms with van der Waals surface area (Å²) in [5.41, 5.74) is 1.66. The number of hydrogen-bond donors (Lipinski definition) is 1. The number of carboxylic acid groups (broad SMARTS) is 1. The molecule has 1 N–H and O–H groups in total. The van der Waals surface area contributed by atoms with Crippen LogP contribution in [0.2, 0.25) is 5.02 Å². The Morgan fingerprint density at radius 2 is 1.87 bits per heavy atom. The molecule has 0 atom stereocenters. The maximum absolute atomic E-state index is 13.0. The fraction of sp³-hybridized carbons (Fsp3) is 0.381. The van der Waals surface area contributed by atoms with Gasteiger partial charge in [-0.2, -0.15) is 4.31 Å². The van der Waals surface area contributed by atoms with Crippen LogP contribution in [-0.4, -0.2) is 49.2 Å². The molecular formula is C21H26ClNO5S2. The Labute approximate surface area is 187 Å². The Hall–Kier alpha value is -1.74. The maximum atomic E-state index is 13.0. The summed E-state index contributed by atoms with van der Waals surface area (Å²) in [6, 6.07) is 10.3. The number of rotatable bonds is 11. The van der Waals surface area contributed by atoms with Crippen molar-refractivity contribution in [2.24, 2.45) is 0 Å². The van der Waals surface area contributed by atoms with Crippen LogP contribution in [0.3, 0.4) is 0 Å². The van der Waals surface area contributed by atoms with Gasteiger partial charge in [0.2, 0.25) is 10.0 Å². The minimum atomic E-state index is -3.63. The van der Waals surface area contributed by atoms with Crippen LogP contribution in [0, 0.1) is 13.8 Å². The van der Waals surface area contributed by atoms with E-state index >= 15 is 0 Å². The van der Waals surface area contributed by atoms with E-state index in [1.165, 1.54) is 22.1 Å². The minimum Gasteiger partial charge on any atom is -0.482 e. The minimum absolute atomic E-state index is 0.201. The number of aliphatic carboxylic acids is 1. The molecule has 0 saturated carbocycles. The second-order valence-corrected chi connectivity index (χ2v) is 10.3. The second kappa shape index (κ2) is 11.0. The number of halogens is 1. The predicted octanol–water partition coefficient (Wildman–Crippen LogP) is 4.61. The van der Waals surface area contributed by atoms with Gasteiger partial charge in [0, 0.05) is 28.8 Å². The standard InChI is InChI=1S/C21H26ClNO5S2/c1-4-9-23(30(26,27)18-7-5-15(2)19(22)13-18)10-11-29-17-6-8-20(16(3)12-17)28-14-21(24)25/h5-8,12-13H,4,9-11,14H2,1-3H3,(H,24,25). The molecule has 0 bridgehead atoms. The summed E-state index contributed by atoms with van der Waals surface area (Å²) >= 11 is 7.66. The van der Waals surface area contributed by atoms with Crippen LogP contribution in [0.4, 0.5) is 0 Å². The van der Waals surface area contributed by atoms with Gasteiger partial charge < -0.3 is 9.84 Å². The molecule has 6 nitrogen and oxygen atoms in total. The molecule has 0 aliphatic rings. The summed E-state index contributed by atoms with van der Waals surface area (Å²) in [6.07, 6.45) is 0.707. The zero-order valence-corrected chi connectivity index (χ0v) is 19.6. The van der Waals surface area contributed by atoms with E-state index in [1.54, 1.807) is 18.2 Å². The van der Waals surface area contributed by atoms with Gasteiger partial charge in [-0.15, -0.1) is 11.8 Å². The van der Waals surface area contributed by atoms with Crippen LogP contribution in [0.25, 0.3) is 0 Å². The molecule has 0 spiro atoms. The molecule has 30 heavy (non-hydrogen) atoms. The number of aryl methyl sites for hydroxylation is 2. The maximum Gasteiger partial charge on any atom is 0.341 e. The van der Waals surface area contributed by atoms with Crippen molar-refractivity contribution in [3.63, 3.8) is 0 Å². The van der Waals surface area contributed by atoms with Crippen LogP contribution < -0.4 is 4.74 Å². The molecule has 2 rings (SSSR count). The fourth-order valence-corrected chi connectivity index (χ4v) is 5.66. The lowest BCUT2D eigenvalue weighted by atomic mass is 10.2. The highest BCUT2D eigenvalue weighted by Gasteiger charge is 2.24. The van der Waals surface area contributed by atoms with Gasteiger partial charge in [0.25, 0.3) is 0 Å². The molecule has 0 unspecified atom stereocenters. The third-order valence-electron chi connectivity index (χ3n) is 4.36. The zero-order chi connectivity index (χ0) is 22.3. The number of benzene rings is 2. The number of carboxylic acids is 1. The lowest BCUT2D eigenvalue weighted by Gasteiger charge is -2.22. The van der Waals surface area contributed by atoms with Crippen molar-refractivity contribution in [1.29, 1.82) is 0 Å². The highest BCUT2D eigenvalue weighted by atomic mass is 35.5. The number of nitrogens with zero attached hydrogens (tertiary/aromatic N) is 1. The SMILES string of the molecule is CCCN(CCSc1ccc(OCC(=O)O)c(C)c1)S(=O)(=O)c1ccc(C)c(Cl)c1. The first-order valence-electron chi connectivity index (χ1n) is 9.49. The summed E-state index contributed by atoms with van der Waals surface area (Å²) in [4.78, 5) is 11.8. The van der Waals surface area contributed by atoms with E-state index in [1.807, 2.05) is 32.9 Å². The molecule has 9 heteroatoms. The van der Waals surface area contributed by atoms with E-state index in [0.717, 1.165) is 16.0 Å². The third kappa shape index (κ3) is 6.63. The van der Waals surface area contributed by atoms with Gasteiger partial charge in [-0.3, -0.25) is 0 Å². The van der Waals surface area contributed by atoms with Crippen LogP contribution in [0.15, 0.2) is 46.2 Å². The van der Waals surface area contributed by atoms with Gasteiger partial charge in [0.1, 0.15) is 5.75 Å². The van der Waals surface area contributed by atoms with Crippen molar-refractivity contribution in [2.75, 3.05) is 25.4 Å². The van der Waals surface area contributed by atoms with Crippen molar-refractivity contribution >= 4 is 39.4 Å². The van der Waals surface area contributed by atoms with Crippen molar-refractivity contribution in [3.8, 4) is 5.75 Å². The van der Waals surface area contributed by atoms with Crippen molar-refractivity contribution in [1.82, 2.24) is 4.31 Å². The number of sulfonamides is 1. The van der Waals surface area contributed by atoms with Crippen LogP contribution in [-0.2, 0) is 14.8 Å². The van der Waals surface area contributed by atoms with E-state index in [4.69, 9.17) is 21.4 Å². The smallest absolute Gasteiger partial charge is 0.341 e. The number of thioether (sulfide) groups is 1. The summed E-state index contributed by atoms with van der Waals surface area (Å²) in [5, 5.41) is 9.15. The first-order valence-corrected chi connectivity index (χ1v) is 12.3. The van der Waals surface area contributed by atoms with E-state index in [-0.39, 0.29) is 11.5 Å². The lowest BCUT2D eigenvalue weighted by Crippen LogP contribution is -2.33. The fourth-order valence-electron chi connectivity index (χ4n) is 2.76. The van der Waals surface area contributed by atoms with E-state index in [0.29, 0.717) is 36.0 Å². The van der Waals surface area contributed by atoms with Gasteiger partial charge in [-0.05, 0) is 61.7 Å². The monoisotopic (exact) mass is 471 g/mol. The van der Waals surface area contributed by atoms with E-state index in [2.05, 4.69) is 0 Å². The summed E-state index contributed by atoms with van der Waals surface area (Å²) in [7, 11) is -3.63.